The fraction of sp³-hybridized carbons (Fsp3) is 0.357. The van der Waals surface area contributed by atoms with Crippen LogP contribution >= 0.6 is 0 Å². The molecule has 0 bridgehead atoms. The van der Waals surface area contributed by atoms with Gasteiger partial charge in [-0.3, -0.25) is 5.32 Å². The van der Waals surface area contributed by atoms with E-state index in [1.165, 1.54) is 0 Å². The molecule has 0 spiro atoms. The molecular weight excluding hydrogens is 244 g/mol. The maximum Gasteiger partial charge on any atom is 0.180 e. The van der Waals surface area contributed by atoms with Gasteiger partial charge in [-0.1, -0.05) is 35.5 Å². The molecule has 1 aliphatic rings. The summed E-state index contributed by atoms with van der Waals surface area (Å²) in [5.41, 5.74) is 1.65. The Morgan fingerprint density at radius 3 is 2.68 bits per heavy atom. The topological polar surface area (TPSA) is 78.5 Å². The molecule has 3 rings (SSSR count). The van der Waals surface area contributed by atoms with Crippen LogP contribution in [0.4, 0.5) is 0 Å². The highest BCUT2D eigenvalue weighted by molar-refractivity contribution is 5.58. The number of aliphatic hydroxyl groups is 2. The minimum absolute atomic E-state index is 0.135. The second kappa shape index (κ2) is 5.13. The number of nitrogens with zero attached hydrogens (tertiary/aromatic N) is 1. The first-order chi connectivity index (χ1) is 9.22. The van der Waals surface area contributed by atoms with E-state index in [-0.39, 0.29) is 12.1 Å². The van der Waals surface area contributed by atoms with Crippen molar-refractivity contribution in [2.75, 3.05) is 0 Å². The van der Waals surface area contributed by atoms with Gasteiger partial charge in [-0.15, -0.1) is 0 Å². The van der Waals surface area contributed by atoms with E-state index < -0.39 is 6.23 Å². The molecule has 1 unspecified atom stereocenters. The molecule has 100 valence electrons. The summed E-state index contributed by atoms with van der Waals surface area (Å²) in [5.74, 6) is 0.389. The fourth-order valence-corrected chi connectivity index (χ4v) is 2.19. The molecule has 0 amide bonds. The van der Waals surface area contributed by atoms with Crippen LogP contribution in [0.1, 0.15) is 24.8 Å². The van der Waals surface area contributed by atoms with Crippen LogP contribution < -0.4 is 5.32 Å². The predicted molar refractivity (Wildman–Crippen MR) is 69.1 cm³/mol. The van der Waals surface area contributed by atoms with Gasteiger partial charge >= 0.3 is 0 Å². The van der Waals surface area contributed by atoms with Crippen LogP contribution in [-0.4, -0.2) is 27.5 Å². The van der Waals surface area contributed by atoms with E-state index in [9.17, 15) is 10.2 Å². The van der Waals surface area contributed by atoms with Gasteiger partial charge in [0.25, 0.3) is 0 Å². The Hall–Kier alpha value is -1.69. The van der Waals surface area contributed by atoms with Crippen LogP contribution in [0.25, 0.3) is 11.3 Å². The summed E-state index contributed by atoms with van der Waals surface area (Å²) < 4.78 is 5.15. The first kappa shape index (κ1) is 12.3. The Balaban J connectivity index is 1.67. The zero-order valence-electron chi connectivity index (χ0n) is 10.4. The highest BCUT2D eigenvalue weighted by Crippen LogP contribution is 2.25. The minimum atomic E-state index is -0.887. The molecule has 3 N–H and O–H groups in total. The summed E-state index contributed by atoms with van der Waals surface area (Å²) in [6.07, 6.45) is 0.190. The summed E-state index contributed by atoms with van der Waals surface area (Å²) >= 11 is 0. The molecule has 1 atom stereocenters. The third-order valence-corrected chi connectivity index (χ3v) is 3.37. The molecule has 0 saturated heterocycles. The number of benzene rings is 1. The van der Waals surface area contributed by atoms with Gasteiger partial charge in [0.2, 0.25) is 0 Å². The molecular formula is C14H16N2O3. The van der Waals surface area contributed by atoms with Crippen LogP contribution in [0, 0.1) is 0 Å². The average Bonchev–Trinajstić information content (AvgIpc) is 2.87. The van der Waals surface area contributed by atoms with Crippen LogP contribution in [-0.2, 0) is 0 Å². The molecule has 19 heavy (non-hydrogen) atoms. The van der Waals surface area contributed by atoms with Crippen molar-refractivity contribution >= 4 is 0 Å². The monoisotopic (exact) mass is 260 g/mol. The minimum Gasteiger partial charge on any atom is -0.393 e. The Labute approximate surface area is 110 Å². The van der Waals surface area contributed by atoms with Crippen molar-refractivity contribution in [1.82, 2.24) is 10.5 Å². The lowest BCUT2D eigenvalue weighted by Crippen LogP contribution is -2.45. The summed E-state index contributed by atoms with van der Waals surface area (Å²) in [7, 11) is 0. The summed E-state index contributed by atoms with van der Waals surface area (Å²) in [6, 6.07) is 11.5. The Morgan fingerprint density at radius 1 is 1.26 bits per heavy atom. The standard InChI is InChI=1S/C14H16N2O3/c17-11-6-10(7-11)15-14(18)13-8-12(16-19-13)9-4-2-1-3-5-9/h1-5,8,10-11,14-15,17-18H,6-7H2/t10-,11-,14?. The van der Waals surface area contributed by atoms with Gasteiger partial charge in [0, 0.05) is 17.7 Å². The Morgan fingerprint density at radius 2 is 2.00 bits per heavy atom. The predicted octanol–water partition coefficient (Wildman–Crippen LogP) is 1.45. The van der Waals surface area contributed by atoms with Crippen molar-refractivity contribution in [2.45, 2.75) is 31.2 Å². The van der Waals surface area contributed by atoms with Crippen molar-refractivity contribution in [3.63, 3.8) is 0 Å². The van der Waals surface area contributed by atoms with Gasteiger partial charge in [-0.25, -0.2) is 0 Å². The van der Waals surface area contributed by atoms with Crippen molar-refractivity contribution in [3.05, 3.63) is 42.2 Å². The zero-order chi connectivity index (χ0) is 13.2. The molecule has 5 heteroatoms. The van der Waals surface area contributed by atoms with Crippen LogP contribution in [0.15, 0.2) is 40.9 Å². The maximum atomic E-state index is 9.98. The fourth-order valence-electron chi connectivity index (χ4n) is 2.19. The molecule has 1 aliphatic carbocycles. The quantitative estimate of drug-likeness (QED) is 0.725. The lowest BCUT2D eigenvalue weighted by molar-refractivity contribution is 0.0182. The van der Waals surface area contributed by atoms with E-state index in [1.54, 1.807) is 6.07 Å². The van der Waals surface area contributed by atoms with Crippen molar-refractivity contribution in [3.8, 4) is 11.3 Å². The second-order valence-corrected chi connectivity index (χ2v) is 4.87. The van der Waals surface area contributed by atoms with Gasteiger partial charge in [0.05, 0.1) is 6.10 Å². The van der Waals surface area contributed by atoms with Crippen LogP contribution in [0.3, 0.4) is 0 Å². The summed E-state index contributed by atoms with van der Waals surface area (Å²) in [6.45, 7) is 0. The first-order valence-corrected chi connectivity index (χ1v) is 6.36. The number of hydrogen-bond acceptors (Lipinski definition) is 5. The molecule has 2 aromatic rings. The third kappa shape index (κ3) is 2.68. The third-order valence-electron chi connectivity index (χ3n) is 3.37. The molecule has 1 saturated carbocycles. The lowest BCUT2D eigenvalue weighted by atomic mass is 9.89. The van der Waals surface area contributed by atoms with E-state index in [2.05, 4.69) is 10.5 Å². The van der Waals surface area contributed by atoms with Crippen molar-refractivity contribution < 1.29 is 14.7 Å². The summed E-state index contributed by atoms with van der Waals surface area (Å²) in [5, 5.41) is 26.1. The van der Waals surface area contributed by atoms with Gasteiger partial charge in [0.1, 0.15) is 5.69 Å². The van der Waals surface area contributed by atoms with Gasteiger partial charge in [-0.2, -0.15) is 0 Å². The number of aliphatic hydroxyl groups excluding tert-OH is 2. The summed E-state index contributed by atoms with van der Waals surface area (Å²) in [4.78, 5) is 0. The highest BCUT2D eigenvalue weighted by Gasteiger charge is 2.29. The van der Waals surface area contributed by atoms with Crippen LogP contribution in [0.2, 0.25) is 0 Å². The first-order valence-electron chi connectivity index (χ1n) is 6.36. The molecule has 5 nitrogen and oxygen atoms in total. The molecule has 1 aromatic heterocycles. The van der Waals surface area contributed by atoms with Gasteiger partial charge in [-0.05, 0) is 12.8 Å². The van der Waals surface area contributed by atoms with E-state index in [0.717, 1.165) is 5.56 Å². The number of nitrogens with one attached hydrogen (secondary N) is 1. The Bertz CT molecular complexity index is 535. The van der Waals surface area contributed by atoms with Crippen molar-refractivity contribution in [2.24, 2.45) is 0 Å². The second-order valence-electron chi connectivity index (χ2n) is 4.87. The number of hydrogen-bond donors (Lipinski definition) is 3. The molecule has 0 radical (unpaired) electrons. The van der Waals surface area contributed by atoms with Crippen molar-refractivity contribution in [1.29, 1.82) is 0 Å². The number of aromatic nitrogens is 1. The average molecular weight is 260 g/mol. The lowest BCUT2D eigenvalue weighted by Gasteiger charge is -2.33. The molecule has 0 aliphatic heterocycles. The van der Waals surface area contributed by atoms with E-state index in [1.807, 2.05) is 30.3 Å². The van der Waals surface area contributed by atoms with E-state index in [0.29, 0.717) is 24.3 Å². The smallest absolute Gasteiger partial charge is 0.180 e. The van der Waals surface area contributed by atoms with Gasteiger partial charge in [0.15, 0.2) is 12.0 Å². The van der Waals surface area contributed by atoms with E-state index >= 15 is 0 Å². The normalized spacial score (nSPS) is 23.9. The molecule has 1 heterocycles. The van der Waals surface area contributed by atoms with Gasteiger partial charge < -0.3 is 14.7 Å². The largest absolute Gasteiger partial charge is 0.393 e. The Kier molecular flexibility index (Phi) is 3.33. The number of rotatable bonds is 4. The van der Waals surface area contributed by atoms with Crippen LogP contribution in [0.5, 0.6) is 0 Å². The molecule has 1 aromatic carbocycles. The SMILES string of the molecule is OC(N[C@H]1C[C@H](O)C1)c1cc(-c2ccccc2)no1. The van der Waals surface area contributed by atoms with E-state index in [4.69, 9.17) is 4.52 Å². The maximum absolute atomic E-state index is 9.98. The zero-order valence-corrected chi connectivity index (χ0v) is 10.4. The highest BCUT2D eigenvalue weighted by atomic mass is 16.5. The molecule has 1 fully saturated rings.